The molecule has 0 aliphatic carbocycles. The fourth-order valence-corrected chi connectivity index (χ4v) is 4.42. The summed E-state index contributed by atoms with van der Waals surface area (Å²) in [6.07, 6.45) is 6.87. The lowest BCUT2D eigenvalue weighted by atomic mass is 9.66. The lowest BCUT2D eigenvalue weighted by Gasteiger charge is -2.38. The number of carbonyl (C=O) groups is 2. The number of carbonyl (C=O) groups excluding carboxylic acids is 2. The van der Waals surface area contributed by atoms with Crippen LogP contribution in [0.15, 0.2) is 0 Å². The largest absolute Gasteiger partial charge is 0.420 e. The van der Waals surface area contributed by atoms with E-state index in [9.17, 15) is 9.59 Å². The van der Waals surface area contributed by atoms with Gasteiger partial charge < -0.3 is 0 Å². The Balaban J connectivity index is 2.66. The third-order valence-electron chi connectivity index (χ3n) is 6.68. The van der Waals surface area contributed by atoms with E-state index in [2.05, 4.69) is 41.5 Å². The summed E-state index contributed by atoms with van der Waals surface area (Å²) in [6.45, 7) is 21.3. The van der Waals surface area contributed by atoms with E-state index in [0.717, 1.165) is 38.5 Å². The first-order valence-corrected chi connectivity index (χ1v) is 12.4. The standard InChI is InChI=1S/C26H48O6/c1-19(2)25(20(3)4,17-13-11-15-23(5,6)7)21(27)29-30-22(28)26(31-32-26)18-14-12-16-24(8,9)10/h19-20H,11-18H2,1-10H3. The molecule has 1 rings (SSSR count). The van der Waals surface area contributed by atoms with Gasteiger partial charge in [-0.15, -0.1) is 0 Å². The fraction of sp³-hybridized carbons (Fsp3) is 0.923. The van der Waals surface area contributed by atoms with Gasteiger partial charge in [-0.25, -0.2) is 19.4 Å². The molecule has 0 aromatic rings. The average molecular weight is 457 g/mol. The summed E-state index contributed by atoms with van der Waals surface area (Å²) in [7, 11) is 0. The Hall–Kier alpha value is -1.14. The zero-order valence-electron chi connectivity index (χ0n) is 22.3. The van der Waals surface area contributed by atoms with E-state index in [1.54, 1.807) is 0 Å². The highest BCUT2D eigenvalue weighted by atomic mass is 17.4. The molecule has 0 unspecified atom stereocenters. The first-order chi connectivity index (χ1) is 14.6. The van der Waals surface area contributed by atoms with Crippen molar-refractivity contribution in [1.29, 1.82) is 0 Å². The molecule has 6 heteroatoms. The molecule has 1 fully saturated rings. The lowest BCUT2D eigenvalue weighted by Crippen LogP contribution is -2.43. The summed E-state index contributed by atoms with van der Waals surface area (Å²) in [6, 6.07) is 0. The number of hydrogen-bond acceptors (Lipinski definition) is 6. The van der Waals surface area contributed by atoms with Crippen molar-refractivity contribution in [2.75, 3.05) is 0 Å². The molecule has 0 spiro atoms. The zero-order chi connectivity index (χ0) is 24.8. The van der Waals surface area contributed by atoms with E-state index in [1.165, 1.54) is 0 Å². The normalized spacial score (nSPS) is 16.4. The summed E-state index contributed by atoms with van der Waals surface area (Å²) in [4.78, 5) is 45.7. The van der Waals surface area contributed by atoms with E-state index in [0.29, 0.717) is 12.8 Å². The molecule has 0 aromatic carbocycles. The van der Waals surface area contributed by atoms with Crippen molar-refractivity contribution < 1.29 is 29.1 Å². The summed E-state index contributed by atoms with van der Waals surface area (Å²) >= 11 is 0. The molecule has 1 aliphatic rings. The van der Waals surface area contributed by atoms with Crippen molar-refractivity contribution in [2.45, 2.75) is 126 Å². The van der Waals surface area contributed by atoms with Gasteiger partial charge in [-0.05, 0) is 48.3 Å². The van der Waals surface area contributed by atoms with Crippen LogP contribution in [0.4, 0.5) is 0 Å². The van der Waals surface area contributed by atoms with Gasteiger partial charge in [-0.3, -0.25) is 0 Å². The van der Waals surface area contributed by atoms with E-state index in [1.807, 2.05) is 27.7 Å². The van der Waals surface area contributed by atoms with Crippen LogP contribution in [-0.2, 0) is 29.1 Å². The second-order valence-corrected chi connectivity index (χ2v) is 12.5. The van der Waals surface area contributed by atoms with Crippen molar-refractivity contribution in [3.63, 3.8) is 0 Å². The lowest BCUT2D eigenvalue weighted by molar-refractivity contribution is -0.275. The smallest absolute Gasteiger partial charge is 0.247 e. The minimum atomic E-state index is -1.43. The highest BCUT2D eigenvalue weighted by Gasteiger charge is 2.59. The van der Waals surface area contributed by atoms with Crippen LogP contribution in [0.25, 0.3) is 0 Å². The van der Waals surface area contributed by atoms with Crippen LogP contribution in [0.1, 0.15) is 121 Å². The number of rotatable bonds is 12. The SMILES string of the molecule is CC(C)C(CCCCC(C)(C)C)(C(=O)OOC(=O)C1(CCCCC(C)(C)C)OO1)C(C)C. The number of unbranched alkanes of at least 4 members (excludes halogenated alkanes) is 2. The van der Waals surface area contributed by atoms with Crippen molar-refractivity contribution in [2.24, 2.45) is 28.1 Å². The predicted octanol–water partition coefficient (Wildman–Crippen LogP) is 7.16. The van der Waals surface area contributed by atoms with Gasteiger partial charge in [0.05, 0.1) is 5.41 Å². The monoisotopic (exact) mass is 456 g/mol. The highest BCUT2D eigenvalue weighted by molar-refractivity contribution is 5.81. The van der Waals surface area contributed by atoms with Crippen molar-refractivity contribution in [3.8, 4) is 0 Å². The summed E-state index contributed by atoms with van der Waals surface area (Å²) < 4.78 is 0. The van der Waals surface area contributed by atoms with Gasteiger partial charge in [0.15, 0.2) is 0 Å². The van der Waals surface area contributed by atoms with Crippen LogP contribution in [0.5, 0.6) is 0 Å². The topological polar surface area (TPSA) is 77.7 Å². The predicted molar refractivity (Wildman–Crippen MR) is 125 cm³/mol. The summed E-state index contributed by atoms with van der Waals surface area (Å²) in [5.74, 6) is -2.62. The first kappa shape index (κ1) is 28.9. The van der Waals surface area contributed by atoms with Crippen molar-refractivity contribution >= 4 is 11.9 Å². The molecule has 0 amide bonds. The summed E-state index contributed by atoms with van der Waals surface area (Å²) in [5, 5.41) is 0. The molecule has 32 heavy (non-hydrogen) atoms. The Morgan fingerprint density at radius 1 is 0.719 bits per heavy atom. The third-order valence-corrected chi connectivity index (χ3v) is 6.68. The van der Waals surface area contributed by atoms with E-state index < -0.39 is 23.1 Å². The molecule has 0 aromatic heterocycles. The molecule has 0 radical (unpaired) electrons. The second-order valence-electron chi connectivity index (χ2n) is 12.5. The van der Waals surface area contributed by atoms with Crippen LogP contribution in [-0.4, -0.2) is 17.7 Å². The molecular formula is C26H48O6. The van der Waals surface area contributed by atoms with Gasteiger partial charge in [-0.2, -0.15) is 9.78 Å². The van der Waals surface area contributed by atoms with Crippen LogP contribution in [0.3, 0.4) is 0 Å². The average Bonchev–Trinajstić information content (AvgIpc) is 3.42. The molecule has 0 atom stereocenters. The molecule has 0 bridgehead atoms. The van der Waals surface area contributed by atoms with E-state index >= 15 is 0 Å². The molecule has 188 valence electrons. The molecule has 0 N–H and O–H groups in total. The Morgan fingerprint density at radius 3 is 1.56 bits per heavy atom. The minimum Gasteiger partial charge on any atom is -0.247 e. The quantitative estimate of drug-likeness (QED) is 0.134. The van der Waals surface area contributed by atoms with Crippen LogP contribution in [0.2, 0.25) is 0 Å². The van der Waals surface area contributed by atoms with Gasteiger partial charge in [0.2, 0.25) is 0 Å². The van der Waals surface area contributed by atoms with Gasteiger partial charge in [-0.1, -0.05) is 88.5 Å². The highest BCUT2D eigenvalue weighted by Crippen LogP contribution is 2.43. The van der Waals surface area contributed by atoms with Crippen molar-refractivity contribution in [3.05, 3.63) is 0 Å². The Morgan fingerprint density at radius 2 is 1.16 bits per heavy atom. The maximum atomic E-state index is 13.2. The molecular weight excluding hydrogens is 408 g/mol. The van der Waals surface area contributed by atoms with Gasteiger partial charge in [0, 0.05) is 6.42 Å². The Bertz CT molecular complexity index is 597. The Labute approximate surface area is 195 Å². The van der Waals surface area contributed by atoms with Crippen LogP contribution >= 0.6 is 0 Å². The molecule has 1 heterocycles. The van der Waals surface area contributed by atoms with Gasteiger partial charge in [0.25, 0.3) is 0 Å². The molecule has 1 aliphatic heterocycles. The second kappa shape index (κ2) is 11.3. The van der Waals surface area contributed by atoms with Crippen LogP contribution < -0.4 is 0 Å². The van der Waals surface area contributed by atoms with E-state index in [4.69, 9.17) is 19.6 Å². The molecule has 1 saturated heterocycles. The van der Waals surface area contributed by atoms with Crippen molar-refractivity contribution in [1.82, 2.24) is 0 Å². The summed E-state index contributed by atoms with van der Waals surface area (Å²) in [5.41, 5.74) is -0.221. The number of hydrogen-bond donors (Lipinski definition) is 0. The van der Waals surface area contributed by atoms with Gasteiger partial charge >= 0.3 is 17.7 Å². The third kappa shape index (κ3) is 8.66. The maximum absolute atomic E-state index is 13.2. The molecule has 0 saturated carbocycles. The van der Waals surface area contributed by atoms with Gasteiger partial charge in [0.1, 0.15) is 0 Å². The zero-order valence-corrected chi connectivity index (χ0v) is 22.3. The minimum absolute atomic E-state index is 0.0446. The maximum Gasteiger partial charge on any atom is 0.420 e. The Kier molecular flexibility index (Phi) is 10.2. The first-order valence-electron chi connectivity index (χ1n) is 12.4. The van der Waals surface area contributed by atoms with Crippen LogP contribution in [0, 0.1) is 28.1 Å². The van der Waals surface area contributed by atoms with E-state index in [-0.39, 0.29) is 22.7 Å². The fourth-order valence-electron chi connectivity index (χ4n) is 4.42. The molecule has 6 nitrogen and oxygen atoms in total.